The van der Waals surface area contributed by atoms with Crippen LogP contribution in [0, 0.1) is 24.7 Å². The summed E-state index contributed by atoms with van der Waals surface area (Å²) < 4.78 is 0. The Bertz CT molecular complexity index is 833. The van der Waals surface area contributed by atoms with Crippen LogP contribution in [-0.4, -0.2) is 35.6 Å². The van der Waals surface area contributed by atoms with Crippen molar-refractivity contribution in [3.8, 4) is 0 Å². The third kappa shape index (κ3) is 4.64. The summed E-state index contributed by atoms with van der Waals surface area (Å²) in [5, 5.41) is 8.34. The number of aryl methyl sites for hydroxylation is 1. The highest BCUT2D eigenvalue weighted by atomic mass is 14.9. The average molecular weight is 395 g/mol. The number of rotatable bonds is 5. The Labute approximate surface area is 176 Å². The van der Waals surface area contributed by atoms with E-state index in [-0.39, 0.29) is 0 Å². The normalized spacial score (nSPS) is 29.1. The molecule has 5 atom stereocenters. The van der Waals surface area contributed by atoms with Crippen molar-refractivity contribution in [2.75, 3.05) is 19.6 Å². The fourth-order valence-corrected chi connectivity index (χ4v) is 5.78. The van der Waals surface area contributed by atoms with Crippen LogP contribution in [0.4, 0.5) is 0 Å². The van der Waals surface area contributed by atoms with Gasteiger partial charge in [0.1, 0.15) is 5.82 Å². The number of benzene rings is 1. The van der Waals surface area contributed by atoms with Gasteiger partial charge in [-0.25, -0.2) is 9.97 Å². The Kier molecular flexibility index (Phi) is 6.50. The van der Waals surface area contributed by atoms with E-state index in [0.717, 1.165) is 54.9 Å². The molecule has 2 aliphatic rings. The molecule has 158 valence electrons. The van der Waals surface area contributed by atoms with Crippen LogP contribution in [0.3, 0.4) is 0 Å². The van der Waals surface area contributed by atoms with E-state index >= 15 is 0 Å². The molecule has 2 aromatic rings. The Morgan fingerprint density at radius 2 is 2.00 bits per heavy atom. The molecule has 3 heterocycles. The Balaban J connectivity index is 1.58. The van der Waals surface area contributed by atoms with Crippen molar-refractivity contribution in [2.45, 2.75) is 71.8 Å². The summed E-state index contributed by atoms with van der Waals surface area (Å²) in [6.45, 7) is 12.6. The minimum absolute atomic E-state index is 0.612. The Morgan fingerprint density at radius 1 is 1.14 bits per heavy atom. The van der Waals surface area contributed by atoms with Gasteiger partial charge in [-0.3, -0.25) is 0 Å². The van der Waals surface area contributed by atoms with Crippen molar-refractivity contribution in [3.05, 3.63) is 35.3 Å². The van der Waals surface area contributed by atoms with Crippen LogP contribution in [0.5, 0.6) is 0 Å². The van der Waals surface area contributed by atoms with E-state index in [9.17, 15) is 0 Å². The van der Waals surface area contributed by atoms with E-state index < -0.39 is 0 Å². The van der Waals surface area contributed by atoms with Crippen molar-refractivity contribution >= 4 is 10.9 Å². The molecular weight excluding hydrogens is 356 g/mol. The van der Waals surface area contributed by atoms with Crippen LogP contribution in [0.15, 0.2) is 18.2 Å². The first-order valence-electron chi connectivity index (χ1n) is 11.8. The van der Waals surface area contributed by atoms with Crippen LogP contribution < -0.4 is 10.6 Å². The second kappa shape index (κ2) is 9.09. The predicted octanol–water partition coefficient (Wildman–Crippen LogP) is 4.61. The number of nitrogens with one attached hydrogen (secondary N) is 2. The molecule has 29 heavy (non-hydrogen) atoms. The zero-order valence-corrected chi connectivity index (χ0v) is 18.7. The van der Waals surface area contributed by atoms with Gasteiger partial charge in [0.25, 0.3) is 0 Å². The Hall–Kier alpha value is -1.52. The number of nitrogens with zero attached hydrogens (tertiary/aromatic N) is 2. The lowest BCUT2D eigenvalue weighted by Gasteiger charge is -2.36. The molecule has 4 unspecified atom stereocenters. The van der Waals surface area contributed by atoms with Gasteiger partial charge in [0.05, 0.1) is 5.52 Å². The number of hydrogen-bond acceptors (Lipinski definition) is 4. The van der Waals surface area contributed by atoms with Crippen molar-refractivity contribution in [1.29, 1.82) is 0 Å². The molecule has 1 aromatic heterocycles. The second-order valence-corrected chi connectivity index (χ2v) is 9.60. The summed E-state index contributed by atoms with van der Waals surface area (Å²) in [5.74, 6) is 3.86. The first kappa shape index (κ1) is 20.7. The summed E-state index contributed by atoms with van der Waals surface area (Å²) in [4.78, 5) is 9.90. The average Bonchev–Trinajstić information content (AvgIpc) is 2.70. The largest absolute Gasteiger partial charge is 0.316 e. The SMILES string of the molecule is CCC(c1ccc2nc(C[C@@H]3CCNC(C)C3)nc(C)c2c1)C1CCNCC1C. The molecular formula is C25H38N4. The molecule has 4 heteroatoms. The first-order chi connectivity index (χ1) is 14.0. The lowest BCUT2D eigenvalue weighted by molar-refractivity contribution is 0.228. The van der Waals surface area contributed by atoms with E-state index in [2.05, 4.69) is 56.5 Å². The number of piperidine rings is 2. The molecule has 0 amide bonds. The van der Waals surface area contributed by atoms with E-state index in [4.69, 9.17) is 9.97 Å². The summed E-state index contributed by atoms with van der Waals surface area (Å²) in [6, 6.07) is 7.60. The van der Waals surface area contributed by atoms with Crippen molar-refractivity contribution in [1.82, 2.24) is 20.6 Å². The lowest BCUT2D eigenvalue weighted by Crippen LogP contribution is -2.37. The monoisotopic (exact) mass is 394 g/mol. The van der Waals surface area contributed by atoms with Gasteiger partial charge in [0, 0.05) is 23.5 Å². The van der Waals surface area contributed by atoms with Gasteiger partial charge in [-0.2, -0.15) is 0 Å². The fraction of sp³-hybridized carbons (Fsp3) is 0.680. The third-order valence-corrected chi connectivity index (χ3v) is 7.40. The molecule has 0 radical (unpaired) electrons. The molecule has 0 aliphatic carbocycles. The van der Waals surface area contributed by atoms with E-state index in [0.29, 0.717) is 17.9 Å². The zero-order chi connectivity index (χ0) is 20.4. The quantitative estimate of drug-likeness (QED) is 0.778. The molecule has 0 bridgehead atoms. The summed E-state index contributed by atoms with van der Waals surface area (Å²) >= 11 is 0. The minimum Gasteiger partial charge on any atom is -0.316 e. The standard InChI is InChI=1S/C25H38N4/c1-5-21(22-9-10-26-15-16(22)2)20-6-7-24-23(14-20)18(4)28-25(29-24)13-19-8-11-27-17(3)12-19/h6-7,14,16-17,19,21-22,26-27H,5,8-13,15H2,1-4H3/t16?,17?,19-,21?,22?/m1/s1. The van der Waals surface area contributed by atoms with Crippen molar-refractivity contribution in [2.24, 2.45) is 17.8 Å². The molecule has 2 fully saturated rings. The topological polar surface area (TPSA) is 49.8 Å². The number of fused-ring (bicyclic) bond motifs is 1. The highest BCUT2D eigenvalue weighted by Gasteiger charge is 2.29. The van der Waals surface area contributed by atoms with Gasteiger partial charge < -0.3 is 10.6 Å². The molecule has 0 spiro atoms. The maximum Gasteiger partial charge on any atom is 0.129 e. The molecule has 4 rings (SSSR count). The van der Waals surface area contributed by atoms with Gasteiger partial charge in [-0.15, -0.1) is 0 Å². The van der Waals surface area contributed by atoms with E-state index in [1.807, 2.05) is 0 Å². The van der Waals surface area contributed by atoms with Gasteiger partial charge in [0.15, 0.2) is 0 Å². The molecule has 1 aromatic carbocycles. The molecule has 2 N–H and O–H groups in total. The van der Waals surface area contributed by atoms with E-state index in [1.54, 1.807) is 0 Å². The summed E-state index contributed by atoms with van der Waals surface area (Å²) in [5.41, 5.74) is 3.74. The summed E-state index contributed by atoms with van der Waals surface area (Å²) in [7, 11) is 0. The number of aromatic nitrogens is 2. The predicted molar refractivity (Wildman–Crippen MR) is 121 cm³/mol. The van der Waals surface area contributed by atoms with Gasteiger partial charge in [-0.05, 0) is 101 Å². The highest BCUT2D eigenvalue weighted by molar-refractivity contribution is 5.81. The van der Waals surface area contributed by atoms with Crippen LogP contribution in [0.2, 0.25) is 0 Å². The molecule has 0 saturated carbocycles. The van der Waals surface area contributed by atoms with E-state index in [1.165, 1.54) is 36.6 Å². The highest BCUT2D eigenvalue weighted by Crippen LogP contribution is 2.37. The maximum atomic E-state index is 4.97. The van der Waals surface area contributed by atoms with Crippen LogP contribution in [0.25, 0.3) is 10.9 Å². The molecule has 4 nitrogen and oxygen atoms in total. The zero-order valence-electron chi connectivity index (χ0n) is 18.7. The molecule has 2 saturated heterocycles. The maximum absolute atomic E-state index is 4.97. The smallest absolute Gasteiger partial charge is 0.129 e. The second-order valence-electron chi connectivity index (χ2n) is 9.60. The lowest BCUT2D eigenvalue weighted by atomic mass is 9.73. The van der Waals surface area contributed by atoms with Crippen LogP contribution in [-0.2, 0) is 6.42 Å². The third-order valence-electron chi connectivity index (χ3n) is 7.40. The van der Waals surface area contributed by atoms with Crippen LogP contribution in [0.1, 0.15) is 69.5 Å². The van der Waals surface area contributed by atoms with Gasteiger partial charge in [-0.1, -0.05) is 19.9 Å². The van der Waals surface area contributed by atoms with Crippen LogP contribution >= 0.6 is 0 Å². The van der Waals surface area contributed by atoms with Crippen molar-refractivity contribution < 1.29 is 0 Å². The Morgan fingerprint density at radius 3 is 2.76 bits per heavy atom. The minimum atomic E-state index is 0.612. The number of hydrogen-bond donors (Lipinski definition) is 2. The van der Waals surface area contributed by atoms with Gasteiger partial charge in [0.2, 0.25) is 0 Å². The van der Waals surface area contributed by atoms with Gasteiger partial charge >= 0.3 is 0 Å². The summed E-state index contributed by atoms with van der Waals surface area (Å²) in [6.07, 6.45) is 5.95. The molecule has 2 aliphatic heterocycles. The fourth-order valence-electron chi connectivity index (χ4n) is 5.78. The first-order valence-corrected chi connectivity index (χ1v) is 11.8. The van der Waals surface area contributed by atoms with Crippen molar-refractivity contribution in [3.63, 3.8) is 0 Å².